The van der Waals surface area contributed by atoms with Crippen LogP contribution in [-0.4, -0.2) is 38.2 Å². The maximum Gasteiger partial charge on any atom is 0.230 e. The smallest absolute Gasteiger partial charge is 0.230 e. The monoisotopic (exact) mass is 412 g/mol. The highest BCUT2D eigenvalue weighted by Gasteiger charge is 2.26. The molecule has 4 aromatic rings. The molecule has 0 N–H and O–H groups in total. The average molecular weight is 412 g/mol. The summed E-state index contributed by atoms with van der Waals surface area (Å²) in [6.07, 6.45) is 4.52. The fourth-order valence-corrected chi connectivity index (χ4v) is 3.90. The second-order valence-corrected chi connectivity index (χ2v) is 7.69. The lowest BCUT2D eigenvalue weighted by Gasteiger charge is -2.31. The normalized spacial score (nSPS) is 14.7. The number of hydrogen-bond donors (Lipinski definition) is 0. The fraction of sp³-hybridized carbons (Fsp3) is 0.292. The van der Waals surface area contributed by atoms with Crippen molar-refractivity contribution in [2.24, 2.45) is 0 Å². The molecule has 0 amide bonds. The summed E-state index contributed by atoms with van der Waals surface area (Å²) in [5.74, 6) is 3.29. The molecule has 1 aliphatic heterocycles. The number of pyridine rings is 1. The molecule has 0 atom stereocenters. The van der Waals surface area contributed by atoms with Crippen LogP contribution >= 0.6 is 0 Å². The molecule has 0 bridgehead atoms. The molecule has 5 rings (SSSR count). The highest BCUT2D eigenvalue weighted by Crippen LogP contribution is 2.31. The molecule has 0 radical (unpaired) electrons. The van der Waals surface area contributed by atoms with E-state index in [0.29, 0.717) is 11.6 Å². The summed E-state index contributed by atoms with van der Waals surface area (Å²) < 4.78 is 5.60. The first-order valence-corrected chi connectivity index (χ1v) is 10.7. The highest BCUT2D eigenvalue weighted by atomic mass is 16.5. The van der Waals surface area contributed by atoms with Crippen molar-refractivity contribution >= 4 is 5.82 Å². The van der Waals surface area contributed by atoms with Gasteiger partial charge in [0.15, 0.2) is 5.82 Å². The van der Waals surface area contributed by atoms with Crippen molar-refractivity contribution in [2.45, 2.75) is 32.1 Å². The minimum absolute atomic E-state index is 0.268. The van der Waals surface area contributed by atoms with Gasteiger partial charge < -0.3 is 9.42 Å². The largest absolute Gasteiger partial charge is 0.356 e. The Kier molecular flexibility index (Phi) is 5.39. The van der Waals surface area contributed by atoms with Crippen molar-refractivity contribution in [1.82, 2.24) is 25.1 Å². The minimum atomic E-state index is 0.268. The zero-order valence-electron chi connectivity index (χ0n) is 17.5. The van der Waals surface area contributed by atoms with E-state index in [0.717, 1.165) is 61.0 Å². The molecule has 1 saturated heterocycles. The Balaban J connectivity index is 1.31. The van der Waals surface area contributed by atoms with Gasteiger partial charge >= 0.3 is 0 Å². The van der Waals surface area contributed by atoms with Gasteiger partial charge in [0.2, 0.25) is 11.7 Å². The van der Waals surface area contributed by atoms with E-state index in [1.807, 2.05) is 48.5 Å². The SMILES string of the molecule is CCc1cc(N2CCC(c3nc(-c4ccccc4)no3)CC2)nc(-c2ccccn2)n1. The molecule has 156 valence electrons. The van der Waals surface area contributed by atoms with Crippen molar-refractivity contribution < 1.29 is 4.52 Å². The molecule has 0 unspecified atom stereocenters. The van der Waals surface area contributed by atoms with Gasteiger partial charge in [0.05, 0.1) is 0 Å². The Morgan fingerprint density at radius 3 is 2.48 bits per heavy atom. The second kappa shape index (κ2) is 8.63. The quantitative estimate of drug-likeness (QED) is 0.476. The maximum atomic E-state index is 5.60. The zero-order valence-corrected chi connectivity index (χ0v) is 17.5. The number of aromatic nitrogens is 5. The third-order valence-corrected chi connectivity index (χ3v) is 5.66. The lowest BCUT2D eigenvalue weighted by Crippen LogP contribution is -2.33. The minimum Gasteiger partial charge on any atom is -0.356 e. The van der Waals surface area contributed by atoms with E-state index in [1.165, 1.54) is 0 Å². The van der Waals surface area contributed by atoms with Gasteiger partial charge in [-0.3, -0.25) is 4.98 Å². The van der Waals surface area contributed by atoms with Gasteiger partial charge in [-0.2, -0.15) is 4.98 Å². The Morgan fingerprint density at radius 2 is 1.74 bits per heavy atom. The van der Waals surface area contributed by atoms with E-state index in [1.54, 1.807) is 6.20 Å². The number of aryl methyl sites for hydroxylation is 1. The van der Waals surface area contributed by atoms with Crippen LogP contribution in [0, 0.1) is 0 Å². The van der Waals surface area contributed by atoms with Gasteiger partial charge in [-0.05, 0) is 31.4 Å². The first-order chi connectivity index (χ1) is 15.3. The van der Waals surface area contributed by atoms with Crippen LogP contribution in [0.1, 0.15) is 37.3 Å². The van der Waals surface area contributed by atoms with Gasteiger partial charge in [0.25, 0.3) is 0 Å². The predicted octanol–water partition coefficient (Wildman–Crippen LogP) is 4.54. The molecule has 7 heteroatoms. The zero-order chi connectivity index (χ0) is 21.0. The van der Waals surface area contributed by atoms with Crippen molar-refractivity contribution in [1.29, 1.82) is 0 Å². The Bertz CT molecular complexity index is 1140. The lowest BCUT2D eigenvalue weighted by molar-refractivity contribution is 0.329. The molecule has 0 saturated carbocycles. The topological polar surface area (TPSA) is 80.8 Å². The summed E-state index contributed by atoms with van der Waals surface area (Å²) in [7, 11) is 0. The molecule has 0 spiro atoms. The molecule has 7 nitrogen and oxygen atoms in total. The summed E-state index contributed by atoms with van der Waals surface area (Å²) in [6.45, 7) is 3.88. The highest BCUT2D eigenvalue weighted by molar-refractivity contribution is 5.55. The van der Waals surface area contributed by atoms with Gasteiger partial charge in [0, 0.05) is 42.5 Å². The molecule has 1 aliphatic rings. The third-order valence-electron chi connectivity index (χ3n) is 5.66. The number of nitrogens with zero attached hydrogens (tertiary/aromatic N) is 6. The van der Waals surface area contributed by atoms with Crippen LogP contribution in [0.5, 0.6) is 0 Å². The van der Waals surface area contributed by atoms with Gasteiger partial charge in [-0.15, -0.1) is 0 Å². The number of hydrogen-bond acceptors (Lipinski definition) is 7. The van der Waals surface area contributed by atoms with E-state index in [-0.39, 0.29) is 5.92 Å². The molecule has 1 fully saturated rings. The Hall–Kier alpha value is -3.61. The summed E-state index contributed by atoms with van der Waals surface area (Å²) in [5, 5.41) is 4.18. The van der Waals surface area contributed by atoms with E-state index >= 15 is 0 Å². The summed E-state index contributed by atoms with van der Waals surface area (Å²) in [5.41, 5.74) is 2.80. The standard InChI is InChI=1S/C24H24N6O/c1-2-19-16-21(27-23(26-19)20-10-6-7-13-25-20)30-14-11-18(12-15-30)24-28-22(29-31-24)17-8-4-3-5-9-17/h3-10,13,16,18H,2,11-12,14-15H2,1H3. The van der Waals surface area contributed by atoms with Crippen LogP contribution in [0.2, 0.25) is 0 Å². The average Bonchev–Trinajstić information content (AvgIpc) is 3.35. The summed E-state index contributed by atoms with van der Waals surface area (Å²) in [6, 6.07) is 17.8. The number of anilines is 1. The first-order valence-electron chi connectivity index (χ1n) is 10.7. The fourth-order valence-electron chi connectivity index (χ4n) is 3.90. The van der Waals surface area contributed by atoms with E-state index in [4.69, 9.17) is 9.51 Å². The number of rotatable bonds is 5. The third kappa shape index (κ3) is 4.17. The predicted molar refractivity (Wildman–Crippen MR) is 119 cm³/mol. The van der Waals surface area contributed by atoms with Crippen molar-refractivity contribution in [3.05, 3.63) is 72.4 Å². The Morgan fingerprint density at radius 1 is 0.935 bits per heavy atom. The first kappa shape index (κ1) is 19.4. The molecule has 31 heavy (non-hydrogen) atoms. The van der Waals surface area contributed by atoms with Crippen LogP contribution in [0.25, 0.3) is 22.9 Å². The molecular weight excluding hydrogens is 388 g/mol. The van der Waals surface area contributed by atoms with Gasteiger partial charge in [-0.25, -0.2) is 9.97 Å². The molecule has 4 heterocycles. The maximum absolute atomic E-state index is 5.60. The van der Waals surface area contributed by atoms with Gasteiger partial charge in [0.1, 0.15) is 11.5 Å². The molecule has 3 aromatic heterocycles. The van der Waals surface area contributed by atoms with Crippen LogP contribution in [0.4, 0.5) is 5.82 Å². The van der Waals surface area contributed by atoms with Crippen LogP contribution in [0.3, 0.4) is 0 Å². The van der Waals surface area contributed by atoms with Gasteiger partial charge in [-0.1, -0.05) is 48.5 Å². The number of piperidine rings is 1. The molecule has 0 aliphatic carbocycles. The van der Waals surface area contributed by atoms with E-state index < -0.39 is 0 Å². The van der Waals surface area contributed by atoms with E-state index in [9.17, 15) is 0 Å². The van der Waals surface area contributed by atoms with Crippen molar-refractivity contribution in [2.75, 3.05) is 18.0 Å². The molecular formula is C24H24N6O. The van der Waals surface area contributed by atoms with E-state index in [2.05, 4.69) is 38.0 Å². The van der Waals surface area contributed by atoms with Crippen LogP contribution in [0.15, 0.2) is 65.3 Å². The molecule has 1 aromatic carbocycles. The van der Waals surface area contributed by atoms with Crippen molar-refractivity contribution in [3.8, 4) is 22.9 Å². The van der Waals surface area contributed by atoms with Crippen LogP contribution < -0.4 is 4.90 Å². The summed E-state index contributed by atoms with van der Waals surface area (Å²) >= 11 is 0. The second-order valence-electron chi connectivity index (χ2n) is 7.69. The van der Waals surface area contributed by atoms with Crippen LogP contribution in [-0.2, 0) is 6.42 Å². The number of benzene rings is 1. The van der Waals surface area contributed by atoms with Crippen molar-refractivity contribution in [3.63, 3.8) is 0 Å². The Labute approximate surface area is 181 Å². The lowest BCUT2D eigenvalue weighted by atomic mass is 9.96. The summed E-state index contributed by atoms with van der Waals surface area (Å²) in [4.78, 5) is 20.9.